The number of hydrogen-bond donors (Lipinski definition) is 1. The SMILES string of the molecule is O=C(CCOc1cccc(Br)c1)Nc1cccc2cccnc12. The van der Waals surface area contributed by atoms with Crippen LogP contribution in [0.3, 0.4) is 0 Å². The molecule has 4 nitrogen and oxygen atoms in total. The second-order valence-corrected chi connectivity index (χ2v) is 5.90. The zero-order chi connectivity index (χ0) is 16.1. The van der Waals surface area contributed by atoms with Crippen LogP contribution in [0.25, 0.3) is 10.9 Å². The highest BCUT2D eigenvalue weighted by molar-refractivity contribution is 9.10. The monoisotopic (exact) mass is 370 g/mol. The van der Waals surface area contributed by atoms with Crippen LogP contribution in [0.15, 0.2) is 65.3 Å². The van der Waals surface area contributed by atoms with Gasteiger partial charge in [0.15, 0.2) is 0 Å². The first-order valence-corrected chi connectivity index (χ1v) is 8.03. The zero-order valence-electron chi connectivity index (χ0n) is 12.3. The number of amides is 1. The molecular weight excluding hydrogens is 356 g/mol. The van der Waals surface area contributed by atoms with Crippen molar-refractivity contribution in [1.82, 2.24) is 4.98 Å². The predicted octanol–water partition coefficient (Wildman–Crippen LogP) is 4.40. The fourth-order valence-electron chi connectivity index (χ4n) is 2.24. The number of rotatable bonds is 5. The third-order valence-electron chi connectivity index (χ3n) is 3.30. The Bertz CT molecular complexity index is 831. The Kier molecular flexibility index (Phi) is 4.88. The van der Waals surface area contributed by atoms with Crippen molar-refractivity contribution in [2.75, 3.05) is 11.9 Å². The van der Waals surface area contributed by atoms with Crippen molar-refractivity contribution in [2.24, 2.45) is 0 Å². The first-order chi connectivity index (χ1) is 11.2. The van der Waals surface area contributed by atoms with Gasteiger partial charge in [-0.25, -0.2) is 0 Å². The first-order valence-electron chi connectivity index (χ1n) is 7.24. The van der Waals surface area contributed by atoms with Crippen molar-refractivity contribution in [3.8, 4) is 5.75 Å². The lowest BCUT2D eigenvalue weighted by atomic mass is 10.2. The van der Waals surface area contributed by atoms with Crippen molar-refractivity contribution < 1.29 is 9.53 Å². The van der Waals surface area contributed by atoms with Gasteiger partial charge in [0, 0.05) is 16.1 Å². The third-order valence-corrected chi connectivity index (χ3v) is 3.79. The van der Waals surface area contributed by atoms with Crippen LogP contribution in [-0.2, 0) is 4.79 Å². The fraction of sp³-hybridized carbons (Fsp3) is 0.111. The van der Waals surface area contributed by atoms with E-state index in [1.807, 2.05) is 54.6 Å². The normalized spacial score (nSPS) is 10.5. The molecule has 0 atom stereocenters. The molecule has 2 aromatic carbocycles. The highest BCUT2D eigenvalue weighted by Crippen LogP contribution is 2.21. The molecule has 0 saturated carbocycles. The fourth-order valence-corrected chi connectivity index (χ4v) is 2.61. The molecule has 23 heavy (non-hydrogen) atoms. The number of nitrogens with zero attached hydrogens (tertiary/aromatic N) is 1. The molecule has 5 heteroatoms. The van der Waals surface area contributed by atoms with Crippen molar-refractivity contribution in [3.05, 3.63) is 65.3 Å². The molecule has 0 aliphatic carbocycles. The molecule has 1 heterocycles. The summed E-state index contributed by atoms with van der Waals surface area (Å²) >= 11 is 3.38. The van der Waals surface area contributed by atoms with E-state index < -0.39 is 0 Å². The van der Waals surface area contributed by atoms with E-state index in [1.54, 1.807) is 6.20 Å². The minimum absolute atomic E-state index is 0.0989. The van der Waals surface area contributed by atoms with Crippen molar-refractivity contribution >= 4 is 38.4 Å². The summed E-state index contributed by atoms with van der Waals surface area (Å²) in [5.74, 6) is 0.636. The minimum atomic E-state index is -0.0989. The summed E-state index contributed by atoms with van der Waals surface area (Å²) in [4.78, 5) is 16.4. The van der Waals surface area contributed by atoms with Crippen molar-refractivity contribution in [3.63, 3.8) is 0 Å². The molecule has 1 N–H and O–H groups in total. The van der Waals surface area contributed by atoms with Gasteiger partial charge in [0.2, 0.25) is 5.91 Å². The molecule has 1 aromatic heterocycles. The molecule has 0 fully saturated rings. The average molecular weight is 371 g/mol. The number of nitrogens with one attached hydrogen (secondary N) is 1. The standard InChI is InChI=1S/C18H15BrN2O2/c19-14-6-2-7-15(12-14)23-11-9-17(22)21-16-8-1-4-13-5-3-10-20-18(13)16/h1-8,10,12H,9,11H2,(H,21,22). The smallest absolute Gasteiger partial charge is 0.227 e. The molecule has 0 aliphatic heterocycles. The summed E-state index contributed by atoms with van der Waals surface area (Å²) in [7, 11) is 0. The number of halogens is 1. The lowest BCUT2D eigenvalue weighted by molar-refractivity contribution is -0.116. The average Bonchev–Trinajstić information content (AvgIpc) is 2.55. The van der Waals surface area contributed by atoms with E-state index in [2.05, 4.69) is 26.2 Å². The lowest BCUT2D eigenvalue weighted by Crippen LogP contribution is -2.15. The van der Waals surface area contributed by atoms with E-state index in [0.29, 0.717) is 6.61 Å². The highest BCUT2D eigenvalue weighted by atomic mass is 79.9. The van der Waals surface area contributed by atoms with E-state index >= 15 is 0 Å². The Hall–Kier alpha value is -2.40. The van der Waals surface area contributed by atoms with Crippen LogP contribution in [0.1, 0.15) is 6.42 Å². The molecule has 1 amide bonds. The first kappa shape index (κ1) is 15.5. The maximum atomic E-state index is 12.1. The van der Waals surface area contributed by atoms with Gasteiger partial charge >= 0.3 is 0 Å². The van der Waals surface area contributed by atoms with E-state index in [4.69, 9.17) is 4.74 Å². The maximum absolute atomic E-state index is 12.1. The van der Waals surface area contributed by atoms with Gasteiger partial charge in [-0.1, -0.05) is 40.2 Å². The molecule has 0 saturated heterocycles. The zero-order valence-corrected chi connectivity index (χ0v) is 13.9. The maximum Gasteiger partial charge on any atom is 0.227 e. The highest BCUT2D eigenvalue weighted by Gasteiger charge is 2.07. The third kappa shape index (κ3) is 4.07. The van der Waals surface area contributed by atoms with Gasteiger partial charge in [-0.05, 0) is 30.3 Å². The summed E-state index contributed by atoms with van der Waals surface area (Å²) in [5, 5.41) is 3.89. The molecule has 0 spiro atoms. The summed E-state index contributed by atoms with van der Waals surface area (Å²) in [5.41, 5.74) is 1.51. The molecule has 3 rings (SSSR count). The van der Waals surface area contributed by atoms with Crippen LogP contribution in [0, 0.1) is 0 Å². The molecule has 3 aromatic rings. The number of hydrogen-bond acceptors (Lipinski definition) is 3. The number of anilines is 1. The van der Waals surface area contributed by atoms with E-state index in [-0.39, 0.29) is 12.3 Å². The lowest BCUT2D eigenvalue weighted by Gasteiger charge is -2.09. The minimum Gasteiger partial charge on any atom is -0.493 e. The number of benzene rings is 2. The molecule has 0 aliphatic rings. The van der Waals surface area contributed by atoms with Gasteiger partial charge in [0.1, 0.15) is 5.75 Å². The van der Waals surface area contributed by atoms with Crippen LogP contribution in [0.2, 0.25) is 0 Å². The second kappa shape index (κ2) is 7.24. The number of pyridine rings is 1. The summed E-state index contributed by atoms with van der Waals surface area (Å²) < 4.78 is 6.52. The summed E-state index contributed by atoms with van der Waals surface area (Å²) in [6, 6.07) is 17.1. The Morgan fingerprint density at radius 2 is 1.96 bits per heavy atom. The van der Waals surface area contributed by atoms with E-state index in [0.717, 1.165) is 26.8 Å². The summed E-state index contributed by atoms with van der Waals surface area (Å²) in [6.45, 7) is 0.320. The van der Waals surface area contributed by atoms with Crippen LogP contribution in [0.4, 0.5) is 5.69 Å². The number of fused-ring (bicyclic) bond motifs is 1. The number of carbonyl (C=O) groups excluding carboxylic acids is 1. The largest absolute Gasteiger partial charge is 0.493 e. The Morgan fingerprint density at radius 1 is 1.13 bits per heavy atom. The van der Waals surface area contributed by atoms with Crippen molar-refractivity contribution in [2.45, 2.75) is 6.42 Å². The molecule has 0 unspecified atom stereocenters. The Morgan fingerprint density at radius 3 is 2.83 bits per heavy atom. The molecule has 116 valence electrons. The number of ether oxygens (including phenoxy) is 1. The molecular formula is C18H15BrN2O2. The summed E-state index contributed by atoms with van der Waals surface area (Å²) in [6.07, 6.45) is 1.99. The molecule has 0 radical (unpaired) electrons. The second-order valence-electron chi connectivity index (χ2n) is 4.98. The van der Waals surface area contributed by atoms with Gasteiger partial charge in [-0.3, -0.25) is 9.78 Å². The van der Waals surface area contributed by atoms with Crippen molar-refractivity contribution in [1.29, 1.82) is 0 Å². The van der Waals surface area contributed by atoms with E-state index in [1.165, 1.54) is 0 Å². The Balaban J connectivity index is 1.59. The van der Waals surface area contributed by atoms with Gasteiger partial charge in [0.05, 0.1) is 24.2 Å². The van der Waals surface area contributed by atoms with Crippen LogP contribution in [0.5, 0.6) is 5.75 Å². The van der Waals surface area contributed by atoms with Gasteiger partial charge in [-0.2, -0.15) is 0 Å². The van der Waals surface area contributed by atoms with Gasteiger partial charge in [-0.15, -0.1) is 0 Å². The number of carbonyl (C=O) groups is 1. The van der Waals surface area contributed by atoms with Crippen LogP contribution >= 0.6 is 15.9 Å². The quantitative estimate of drug-likeness (QED) is 0.723. The van der Waals surface area contributed by atoms with Crippen LogP contribution in [-0.4, -0.2) is 17.5 Å². The predicted molar refractivity (Wildman–Crippen MR) is 94.6 cm³/mol. The number of para-hydroxylation sites is 1. The van der Waals surface area contributed by atoms with Gasteiger partial charge in [0.25, 0.3) is 0 Å². The van der Waals surface area contributed by atoms with Crippen LogP contribution < -0.4 is 10.1 Å². The topological polar surface area (TPSA) is 51.2 Å². The Labute approximate surface area is 142 Å². The number of aromatic nitrogens is 1. The van der Waals surface area contributed by atoms with E-state index in [9.17, 15) is 4.79 Å². The van der Waals surface area contributed by atoms with Gasteiger partial charge < -0.3 is 10.1 Å². The molecule has 0 bridgehead atoms.